The highest BCUT2D eigenvalue weighted by atomic mass is 35.5. The van der Waals surface area contributed by atoms with Crippen molar-refractivity contribution in [1.29, 1.82) is 0 Å². The molecule has 3 aromatic heterocycles. The highest BCUT2D eigenvalue weighted by Crippen LogP contribution is 2.34. The molecule has 0 aliphatic carbocycles. The standard InChI is InChI=1S/C28H36ClN9O/c1-16(2)26-33-25(39-37-26)8-11-38-9-6-20(7-10-38)21-12-18(4)23(13-17(21)3)31-28-30-15-22(29)27(34-28)32-24-14-19(5)35-36-24/h12-16,20H,6-11H2,1-5H3,(H3,30,31,32,34,35,36). The summed E-state index contributed by atoms with van der Waals surface area (Å²) in [5, 5.41) is 18.1. The Morgan fingerprint density at radius 3 is 2.56 bits per heavy atom. The smallest absolute Gasteiger partial charge is 0.229 e. The van der Waals surface area contributed by atoms with E-state index in [1.807, 2.05) is 13.0 Å². The van der Waals surface area contributed by atoms with E-state index in [0.717, 1.165) is 67.6 Å². The number of H-pyrrole nitrogens is 1. The van der Waals surface area contributed by atoms with E-state index in [0.29, 0.717) is 28.5 Å². The third kappa shape index (κ3) is 6.57. The zero-order valence-corrected chi connectivity index (χ0v) is 23.9. The number of halogens is 1. The van der Waals surface area contributed by atoms with Gasteiger partial charge in [0.25, 0.3) is 0 Å². The number of benzene rings is 1. The van der Waals surface area contributed by atoms with Crippen LogP contribution in [0.4, 0.5) is 23.3 Å². The number of nitrogens with zero attached hydrogens (tertiary/aromatic N) is 6. The van der Waals surface area contributed by atoms with Crippen molar-refractivity contribution in [3.63, 3.8) is 0 Å². The van der Waals surface area contributed by atoms with Gasteiger partial charge in [-0.3, -0.25) is 5.10 Å². The molecule has 4 aromatic rings. The molecule has 1 aliphatic rings. The molecule has 1 saturated heterocycles. The first-order valence-corrected chi connectivity index (χ1v) is 13.9. The average Bonchev–Trinajstić information content (AvgIpc) is 3.56. The summed E-state index contributed by atoms with van der Waals surface area (Å²) < 4.78 is 5.41. The first kappa shape index (κ1) is 27.1. The number of aromatic nitrogens is 6. The van der Waals surface area contributed by atoms with E-state index in [1.165, 1.54) is 11.1 Å². The van der Waals surface area contributed by atoms with Gasteiger partial charge in [-0.1, -0.05) is 36.7 Å². The number of anilines is 4. The number of aromatic amines is 1. The van der Waals surface area contributed by atoms with Gasteiger partial charge in [-0.25, -0.2) is 4.98 Å². The molecule has 1 fully saturated rings. The molecule has 0 atom stereocenters. The highest BCUT2D eigenvalue weighted by Gasteiger charge is 2.23. The molecule has 0 amide bonds. The fourth-order valence-corrected chi connectivity index (χ4v) is 5.12. The lowest BCUT2D eigenvalue weighted by molar-refractivity contribution is 0.207. The summed E-state index contributed by atoms with van der Waals surface area (Å²) in [6.07, 6.45) is 4.66. The van der Waals surface area contributed by atoms with Crippen LogP contribution in [0.2, 0.25) is 5.02 Å². The molecule has 10 nitrogen and oxygen atoms in total. The number of hydrogen-bond donors (Lipinski definition) is 3. The molecular weight excluding hydrogens is 514 g/mol. The van der Waals surface area contributed by atoms with Gasteiger partial charge in [0.05, 0.1) is 6.20 Å². The van der Waals surface area contributed by atoms with Crippen LogP contribution >= 0.6 is 11.6 Å². The van der Waals surface area contributed by atoms with E-state index < -0.39 is 0 Å². The fraction of sp³-hybridized carbons (Fsp3) is 0.464. The van der Waals surface area contributed by atoms with Crippen molar-refractivity contribution >= 4 is 34.9 Å². The van der Waals surface area contributed by atoms with E-state index in [9.17, 15) is 0 Å². The van der Waals surface area contributed by atoms with Crippen molar-refractivity contribution < 1.29 is 4.52 Å². The maximum Gasteiger partial charge on any atom is 0.229 e. The first-order chi connectivity index (χ1) is 18.7. The van der Waals surface area contributed by atoms with Gasteiger partial charge in [0.2, 0.25) is 11.8 Å². The molecule has 3 N–H and O–H groups in total. The molecule has 206 valence electrons. The second kappa shape index (κ2) is 11.7. The van der Waals surface area contributed by atoms with Crippen molar-refractivity contribution in [1.82, 2.24) is 35.2 Å². The monoisotopic (exact) mass is 549 g/mol. The molecule has 0 unspecified atom stereocenters. The molecule has 11 heteroatoms. The number of aryl methyl sites for hydroxylation is 3. The molecule has 4 heterocycles. The predicted octanol–water partition coefficient (Wildman–Crippen LogP) is 6.19. The largest absolute Gasteiger partial charge is 0.339 e. The Hall–Kier alpha value is -3.50. The molecule has 0 saturated carbocycles. The average molecular weight is 550 g/mol. The minimum Gasteiger partial charge on any atom is -0.339 e. The van der Waals surface area contributed by atoms with E-state index in [-0.39, 0.29) is 5.92 Å². The Morgan fingerprint density at radius 2 is 1.87 bits per heavy atom. The Balaban J connectivity index is 1.19. The van der Waals surface area contributed by atoms with Crippen LogP contribution in [0.25, 0.3) is 0 Å². The molecule has 0 bridgehead atoms. The second-order valence-electron chi connectivity index (χ2n) is 10.7. The minimum atomic E-state index is 0.288. The Kier molecular flexibility index (Phi) is 8.13. The number of nitrogens with one attached hydrogen (secondary N) is 3. The zero-order valence-electron chi connectivity index (χ0n) is 23.2. The minimum absolute atomic E-state index is 0.288. The van der Waals surface area contributed by atoms with Gasteiger partial charge in [-0.15, -0.1) is 0 Å². The molecule has 39 heavy (non-hydrogen) atoms. The van der Waals surface area contributed by atoms with Crippen LogP contribution in [-0.4, -0.2) is 54.8 Å². The van der Waals surface area contributed by atoms with E-state index in [4.69, 9.17) is 16.1 Å². The lowest BCUT2D eigenvalue weighted by Gasteiger charge is -2.33. The first-order valence-electron chi connectivity index (χ1n) is 13.5. The normalized spacial score (nSPS) is 14.7. The van der Waals surface area contributed by atoms with E-state index >= 15 is 0 Å². The lowest BCUT2D eigenvalue weighted by atomic mass is 9.85. The summed E-state index contributed by atoms with van der Waals surface area (Å²) >= 11 is 6.33. The predicted molar refractivity (Wildman–Crippen MR) is 153 cm³/mol. The fourth-order valence-electron chi connectivity index (χ4n) is 4.98. The Bertz CT molecular complexity index is 1420. The van der Waals surface area contributed by atoms with E-state index in [2.05, 4.69) is 85.7 Å². The summed E-state index contributed by atoms with van der Waals surface area (Å²) in [5.41, 5.74) is 5.78. The van der Waals surface area contributed by atoms with Crippen LogP contribution in [0.1, 0.15) is 72.6 Å². The quantitative estimate of drug-likeness (QED) is 0.224. The van der Waals surface area contributed by atoms with Crippen molar-refractivity contribution in [3.8, 4) is 0 Å². The summed E-state index contributed by atoms with van der Waals surface area (Å²) in [6, 6.07) is 6.39. The van der Waals surface area contributed by atoms with Crippen LogP contribution in [0.5, 0.6) is 0 Å². The number of rotatable bonds is 9. The van der Waals surface area contributed by atoms with Gasteiger partial charge in [-0.05, 0) is 75.4 Å². The lowest BCUT2D eigenvalue weighted by Crippen LogP contribution is -2.34. The second-order valence-corrected chi connectivity index (χ2v) is 11.1. The number of hydrogen-bond acceptors (Lipinski definition) is 9. The number of piperidine rings is 1. The van der Waals surface area contributed by atoms with E-state index in [1.54, 1.807) is 6.20 Å². The molecule has 0 spiro atoms. The SMILES string of the molecule is Cc1cc(Nc2nc(Nc3cc(C)c(C4CCN(CCc5nc(C(C)C)no5)CC4)cc3C)ncc2Cl)n[nH]1. The van der Waals surface area contributed by atoms with Crippen LogP contribution < -0.4 is 10.6 Å². The molecule has 5 rings (SSSR count). The van der Waals surface area contributed by atoms with Gasteiger partial charge < -0.3 is 20.1 Å². The molecular formula is C28H36ClN9O. The third-order valence-corrected chi connectivity index (χ3v) is 7.50. The summed E-state index contributed by atoms with van der Waals surface area (Å²) in [6.45, 7) is 13.5. The number of likely N-dealkylation sites (tertiary alicyclic amines) is 1. The van der Waals surface area contributed by atoms with Crippen LogP contribution in [0.3, 0.4) is 0 Å². The van der Waals surface area contributed by atoms with Gasteiger partial charge in [0, 0.05) is 36.3 Å². The molecule has 0 radical (unpaired) electrons. The highest BCUT2D eigenvalue weighted by molar-refractivity contribution is 6.32. The van der Waals surface area contributed by atoms with Crippen molar-refractivity contribution in [2.24, 2.45) is 0 Å². The summed E-state index contributed by atoms with van der Waals surface area (Å²) in [4.78, 5) is 16.0. The van der Waals surface area contributed by atoms with Crippen molar-refractivity contribution in [2.75, 3.05) is 30.3 Å². The molecule has 1 aliphatic heterocycles. The van der Waals surface area contributed by atoms with Crippen molar-refractivity contribution in [2.45, 2.75) is 65.7 Å². The Labute approximate surface area is 234 Å². The van der Waals surface area contributed by atoms with Gasteiger partial charge in [0.1, 0.15) is 5.02 Å². The van der Waals surface area contributed by atoms with Gasteiger partial charge in [-0.2, -0.15) is 15.1 Å². The topological polar surface area (TPSA) is 121 Å². The molecule has 1 aromatic carbocycles. The summed E-state index contributed by atoms with van der Waals surface area (Å²) in [5.74, 6) is 3.98. The zero-order chi connectivity index (χ0) is 27.5. The summed E-state index contributed by atoms with van der Waals surface area (Å²) in [7, 11) is 0. The van der Waals surface area contributed by atoms with Crippen LogP contribution in [0.15, 0.2) is 28.9 Å². The van der Waals surface area contributed by atoms with Crippen LogP contribution in [0, 0.1) is 20.8 Å². The van der Waals surface area contributed by atoms with Gasteiger partial charge >= 0.3 is 0 Å². The third-order valence-electron chi connectivity index (χ3n) is 7.23. The Morgan fingerprint density at radius 1 is 1.08 bits per heavy atom. The van der Waals surface area contributed by atoms with Gasteiger partial charge in [0.15, 0.2) is 17.5 Å². The van der Waals surface area contributed by atoms with Crippen LogP contribution in [-0.2, 0) is 6.42 Å². The van der Waals surface area contributed by atoms with Crippen molar-refractivity contribution in [3.05, 3.63) is 63.5 Å². The maximum atomic E-state index is 6.33. The maximum absolute atomic E-state index is 6.33.